The molecular weight excluding hydrogens is 60.1 g/mol. The molecule has 0 heterocycles. The lowest BCUT2D eigenvalue weighted by Crippen LogP contribution is -1.59. The predicted octanol–water partition coefficient (Wildman–Crippen LogP) is 2.20. The second-order valence-corrected chi connectivity index (χ2v) is 1.11. The number of hydrogen-bond acceptors (Lipinski definition) is 0. The van der Waals surface area contributed by atoms with Gasteiger partial charge in [-0.1, -0.05) is 33.1 Å². The Balaban J connectivity index is 2.75. The van der Waals surface area contributed by atoms with Gasteiger partial charge in [-0.2, -0.15) is 0 Å². The highest BCUT2D eigenvalue weighted by Gasteiger charge is 1.68. The van der Waals surface area contributed by atoms with E-state index in [2.05, 4.69) is 0 Å². The SMILES string of the molecule is [2H]C(CC)CC. The van der Waals surface area contributed by atoms with Crippen molar-refractivity contribution in [3.8, 4) is 0 Å². The molecule has 0 rings (SSSR count). The molecule has 0 radical (unpaired) electrons. The van der Waals surface area contributed by atoms with Crippen LogP contribution in [0.25, 0.3) is 0 Å². The normalized spacial score (nSPS) is 12.2. The predicted molar refractivity (Wildman–Crippen MR) is 25.2 cm³/mol. The van der Waals surface area contributed by atoms with Crippen molar-refractivity contribution < 1.29 is 1.37 Å². The van der Waals surface area contributed by atoms with Crippen LogP contribution in [0.3, 0.4) is 0 Å². The fourth-order valence-corrected chi connectivity index (χ4v) is 0.289. The largest absolute Gasteiger partial charge is 0.0654 e. The first-order chi connectivity index (χ1) is 2.81. The molecule has 0 aromatic carbocycles. The van der Waals surface area contributed by atoms with Crippen molar-refractivity contribution in [2.45, 2.75) is 33.1 Å². The highest BCUT2D eigenvalue weighted by molar-refractivity contribution is 4.24. The Labute approximate surface area is 35.6 Å². The van der Waals surface area contributed by atoms with Crippen molar-refractivity contribution in [1.29, 1.82) is 0 Å². The first-order valence-electron chi connectivity index (χ1n) is 2.81. The van der Waals surface area contributed by atoms with E-state index in [1.165, 1.54) is 0 Å². The van der Waals surface area contributed by atoms with Crippen molar-refractivity contribution in [2.75, 3.05) is 0 Å². The number of rotatable bonds is 2. The van der Waals surface area contributed by atoms with E-state index in [-0.39, 0.29) is 6.40 Å². The molecule has 0 nitrogen and oxygen atoms in total. The van der Waals surface area contributed by atoms with Gasteiger partial charge in [0.25, 0.3) is 0 Å². The number of hydrogen-bond donors (Lipinski definition) is 0. The van der Waals surface area contributed by atoms with Crippen molar-refractivity contribution in [1.82, 2.24) is 0 Å². The Morgan fingerprint density at radius 1 is 1.40 bits per heavy atom. The maximum Gasteiger partial charge on any atom is 0.0266 e. The third kappa shape index (κ3) is 4.00. The maximum atomic E-state index is 7.07. The van der Waals surface area contributed by atoms with Gasteiger partial charge in [0.05, 0.1) is 0 Å². The second kappa shape index (κ2) is 4.00. The summed E-state index contributed by atoms with van der Waals surface area (Å²) < 4.78 is 7.07. The van der Waals surface area contributed by atoms with Gasteiger partial charge >= 0.3 is 0 Å². The molecule has 0 atom stereocenters. The molecule has 0 spiro atoms. The van der Waals surface area contributed by atoms with Crippen LogP contribution in [-0.2, 0) is 0 Å². The zero-order chi connectivity index (χ0) is 4.99. The molecule has 0 aliphatic heterocycles. The summed E-state index contributed by atoms with van der Waals surface area (Å²) in [5.41, 5.74) is 0. The second-order valence-electron chi connectivity index (χ2n) is 1.11. The molecule has 0 saturated heterocycles. The topological polar surface area (TPSA) is 0 Å². The Kier molecular flexibility index (Phi) is 2.56. The summed E-state index contributed by atoms with van der Waals surface area (Å²) in [4.78, 5) is 0. The smallest absolute Gasteiger partial charge is 0.0266 e. The highest BCUT2D eigenvalue weighted by Crippen LogP contribution is 1.88. The van der Waals surface area contributed by atoms with Crippen LogP contribution >= 0.6 is 0 Å². The molecule has 0 bridgehead atoms. The molecular formula is C5H12. The molecule has 0 fully saturated rings. The van der Waals surface area contributed by atoms with Gasteiger partial charge in [0.1, 0.15) is 0 Å². The Morgan fingerprint density at radius 3 is 1.80 bits per heavy atom. The molecule has 0 aliphatic rings. The van der Waals surface area contributed by atoms with Crippen LogP contribution in [0, 0.1) is 0 Å². The highest BCUT2D eigenvalue weighted by atomic mass is 13.7. The van der Waals surface area contributed by atoms with Gasteiger partial charge in [-0.15, -0.1) is 0 Å². The molecule has 0 saturated carbocycles. The first kappa shape index (κ1) is 3.20. The van der Waals surface area contributed by atoms with Gasteiger partial charge in [0, 0.05) is 1.37 Å². The van der Waals surface area contributed by atoms with E-state index in [0.717, 1.165) is 12.8 Å². The van der Waals surface area contributed by atoms with E-state index in [4.69, 9.17) is 1.37 Å². The minimum atomic E-state index is 0.185. The molecule has 0 amide bonds. The van der Waals surface area contributed by atoms with Crippen LogP contribution in [-0.4, -0.2) is 0 Å². The molecule has 0 aromatic rings. The van der Waals surface area contributed by atoms with Gasteiger partial charge in [0.15, 0.2) is 0 Å². The van der Waals surface area contributed by atoms with Crippen LogP contribution in [0.1, 0.15) is 34.5 Å². The molecule has 32 valence electrons. The lowest BCUT2D eigenvalue weighted by atomic mass is 10.3. The summed E-state index contributed by atoms with van der Waals surface area (Å²) in [5, 5.41) is 0. The lowest BCUT2D eigenvalue weighted by molar-refractivity contribution is 0.772. The fraction of sp³-hybridized carbons (Fsp3) is 1.00. The molecule has 0 unspecified atom stereocenters. The molecule has 0 aromatic heterocycles. The molecule has 0 aliphatic carbocycles. The van der Waals surface area contributed by atoms with Crippen LogP contribution in [0.2, 0.25) is 0 Å². The van der Waals surface area contributed by atoms with Crippen LogP contribution in [0.4, 0.5) is 0 Å². The van der Waals surface area contributed by atoms with Crippen molar-refractivity contribution in [3.63, 3.8) is 0 Å². The Morgan fingerprint density at radius 2 is 1.80 bits per heavy atom. The fourth-order valence-electron chi connectivity index (χ4n) is 0.289. The van der Waals surface area contributed by atoms with Crippen LogP contribution in [0.5, 0.6) is 0 Å². The summed E-state index contributed by atoms with van der Waals surface area (Å²) in [5.74, 6) is 0. The van der Waals surface area contributed by atoms with E-state index in [9.17, 15) is 0 Å². The third-order valence-corrected chi connectivity index (χ3v) is 0.577. The van der Waals surface area contributed by atoms with Gasteiger partial charge in [-0.3, -0.25) is 0 Å². The zero-order valence-electron chi connectivity index (χ0n) is 4.99. The standard InChI is InChI=1S/C5H12/c1-3-5-4-2/h3-5H2,1-2H3/i5D. The summed E-state index contributed by atoms with van der Waals surface area (Å²) in [6.45, 7) is 4.09. The molecule has 0 N–H and O–H groups in total. The average molecular weight is 73.2 g/mol. The zero-order valence-corrected chi connectivity index (χ0v) is 3.99. The van der Waals surface area contributed by atoms with Crippen molar-refractivity contribution in [3.05, 3.63) is 0 Å². The van der Waals surface area contributed by atoms with E-state index in [1.54, 1.807) is 0 Å². The minimum Gasteiger partial charge on any atom is -0.0654 e. The van der Waals surface area contributed by atoms with Crippen molar-refractivity contribution >= 4 is 0 Å². The van der Waals surface area contributed by atoms with Gasteiger partial charge < -0.3 is 0 Å². The molecule has 0 heteroatoms. The Hall–Kier alpha value is 0. The average Bonchev–Trinajstić information content (AvgIpc) is 1.65. The summed E-state index contributed by atoms with van der Waals surface area (Å²) in [7, 11) is 0. The summed E-state index contributed by atoms with van der Waals surface area (Å²) in [6, 6.07) is 0. The van der Waals surface area contributed by atoms with E-state index in [1.807, 2.05) is 13.8 Å². The summed E-state index contributed by atoms with van der Waals surface area (Å²) in [6.07, 6.45) is 2.18. The third-order valence-electron chi connectivity index (χ3n) is 0.577. The van der Waals surface area contributed by atoms with E-state index in [0.29, 0.717) is 0 Å². The maximum absolute atomic E-state index is 7.07. The van der Waals surface area contributed by atoms with Crippen LogP contribution in [0.15, 0.2) is 0 Å². The quantitative estimate of drug-likeness (QED) is 0.470. The first-order valence-corrected chi connectivity index (χ1v) is 2.23. The minimum absolute atomic E-state index is 0.185. The van der Waals surface area contributed by atoms with Gasteiger partial charge in [-0.05, 0) is 0 Å². The molecule has 5 heavy (non-hydrogen) atoms. The van der Waals surface area contributed by atoms with Crippen molar-refractivity contribution in [2.24, 2.45) is 0 Å². The van der Waals surface area contributed by atoms with Gasteiger partial charge in [0.2, 0.25) is 0 Å². The monoisotopic (exact) mass is 73.1 g/mol. The lowest BCUT2D eigenvalue weighted by Gasteiger charge is -1.79. The summed E-state index contributed by atoms with van der Waals surface area (Å²) >= 11 is 0. The van der Waals surface area contributed by atoms with Gasteiger partial charge in [-0.25, -0.2) is 0 Å². The Bertz CT molecular complexity index is 23.1. The van der Waals surface area contributed by atoms with Crippen LogP contribution < -0.4 is 0 Å². The van der Waals surface area contributed by atoms with E-state index >= 15 is 0 Å². The van der Waals surface area contributed by atoms with E-state index < -0.39 is 0 Å².